The predicted molar refractivity (Wildman–Crippen MR) is 81.2 cm³/mol. The fourth-order valence-corrected chi connectivity index (χ4v) is 3.76. The SMILES string of the molecule is COc1ccc2c(c1)CC2(O)C1(O)Cc2cc(OC)ccc21. The lowest BCUT2D eigenvalue weighted by Crippen LogP contribution is -2.61. The van der Waals surface area contributed by atoms with Crippen molar-refractivity contribution in [2.24, 2.45) is 0 Å². The zero-order valence-corrected chi connectivity index (χ0v) is 12.6. The number of hydrogen-bond donors (Lipinski definition) is 2. The molecule has 0 aliphatic heterocycles. The lowest BCUT2D eigenvalue weighted by Gasteiger charge is -2.55. The topological polar surface area (TPSA) is 58.9 Å². The summed E-state index contributed by atoms with van der Waals surface area (Å²) in [5.41, 5.74) is 1.18. The average Bonchev–Trinajstić information content (AvgIpc) is 2.51. The normalized spacial score (nSPS) is 28.0. The third-order valence-electron chi connectivity index (χ3n) is 5.09. The summed E-state index contributed by atoms with van der Waals surface area (Å²) >= 11 is 0. The molecule has 114 valence electrons. The first-order chi connectivity index (χ1) is 10.5. The van der Waals surface area contributed by atoms with Crippen LogP contribution in [0.1, 0.15) is 22.3 Å². The minimum Gasteiger partial charge on any atom is -0.497 e. The van der Waals surface area contributed by atoms with E-state index < -0.39 is 11.2 Å². The molecule has 0 aromatic heterocycles. The molecule has 0 saturated heterocycles. The van der Waals surface area contributed by atoms with Crippen LogP contribution in [0.15, 0.2) is 36.4 Å². The van der Waals surface area contributed by atoms with E-state index in [1.165, 1.54) is 0 Å². The second-order valence-electron chi connectivity index (χ2n) is 6.12. The molecule has 0 radical (unpaired) electrons. The van der Waals surface area contributed by atoms with Crippen molar-refractivity contribution in [1.82, 2.24) is 0 Å². The number of ether oxygens (including phenoxy) is 2. The highest BCUT2D eigenvalue weighted by atomic mass is 16.5. The summed E-state index contributed by atoms with van der Waals surface area (Å²) in [5, 5.41) is 22.1. The molecule has 22 heavy (non-hydrogen) atoms. The van der Waals surface area contributed by atoms with Crippen LogP contribution in [-0.2, 0) is 24.0 Å². The summed E-state index contributed by atoms with van der Waals surface area (Å²) in [6, 6.07) is 11.2. The second kappa shape index (κ2) is 4.24. The average molecular weight is 298 g/mol. The maximum absolute atomic E-state index is 11.1. The molecular weight excluding hydrogens is 280 g/mol. The van der Waals surface area contributed by atoms with Crippen LogP contribution in [0.3, 0.4) is 0 Å². The summed E-state index contributed by atoms with van der Waals surface area (Å²) in [5.74, 6) is 1.54. The van der Waals surface area contributed by atoms with Gasteiger partial charge < -0.3 is 19.7 Å². The summed E-state index contributed by atoms with van der Waals surface area (Å²) in [6.45, 7) is 0. The van der Waals surface area contributed by atoms with Gasteiger partial charge >= 0.3 is 0 Å². The van der Waals surface area contributed by atoms with Crippen LogP contribution >= 0.6 is 0 Å². The van der Waals surface area contributed by atoms with E-state index in [4.69, 9.17) is 9.47 Å². The molecule has 0 heterocycles. The number of benzene rings is 2. The zero-order chi connectivity index (χ0) is 15.5. The fraction of sp³-hybridized carbons (Fsp3) is 0.333. The van der Waals surface area contributed by atoms with E-state index in [0.29, 0.717) is 12.8 Å². The van der Waals surface area contributed by atoms with Gasteiger partial charge in [-0.3, -0.25) is 0 Å². The Morgan fingerprint density at radius 3 is 1.50 bits per heavy atom. The lowest BCUT2D eigenvalue weighted by atomic mass is 9.55. The van der Waals surface area contributed by atoms with Gasteiger partial charge in [0.05, 0.1) is 14.2 Å². The van der Waals surface area contributed by atoms with E-state index in [-0.39, 0.29) is 0 Å². The van der Waals surface area contributed by atoms with E-state index in [1.54, 1.807) is 14.2 Å². The number of aliphatic hydroxyl groups is 2. The maximum Gasteiger partial charge on any atom is 0.127 e. The van der Waals surface area contributed by atoms with Crippen LogP contribution in [0.5, 0.6) is 11.5 Å². The van der Waals surface area contributed by atoms with Crippen LogP contribution in [0.4, 0.5) is 0 Å². The molecule has 2 aliphatic carbocycles. The Kier molecular flexibility index (Phi) is 2.63. The molecule has 2 aromatic carbocycles. The molecule has 0 amide bonds. The van der Waals surface area contributed by atoms with Gasteiger partial charge in [-0.25, -0.2) is 0 Å². The van der Waals surface area contributed by atoms with Crippen LogP contribution in [-0.4, -0.2) is 24.4 Å². The second-order valence-corrected chi connectivity index (χ2v) is 6.12. The quantitative estimate of drug-likeness (QED) is 0.908. The largest absolute Gasteiger partial charge is 0.497 e. The molecule has 4 rings (SSSR count). The Labute approximate surface area is 128 Å². The van der Waals surface area contributed by atoms with E-state index in [9.17, 15) is 10.2 Å². The van der Waals surface area contributed by atoms with Crippen LogP contribution < -0.4 is 9.47 Å². The van der Waals surface area contributed by atoms with Gasteiger partial charge in [0, 0.05) is 12.8 Å². The van der Waals surface area contributed by atoms with Gasteiger partial charge in [-0.05, 0) is 46.5 Å². The van der Waals surface area contributed by atoms with Gasteiger partial charge in [0.25, 0.3) is 0 Å². The molecule has 0 bridgehead atoms. The summed E-state index contributed by atoms with van der Waals surface area (Å²) < 4.78 is 10.4. The smallest absolute Gasteiger partial charge is 0.127 e. The van der Waals surface area contributed by atoms with Gasteiger partial charge in [0.15, 0.2) is 0 Å². The number of hydrogen-bond acceptors (Lipinski definition) is 4. The molecule has 0 fully saturated rings. The molecule has 4 nitrogen and oxygen atoms in total. The van der Waals surface area contributed by atoms with Crippen LogP contribution in [0, 0.1) is 0 Å². The first-order valence-electron chi connectivity index (χ1n) is 7.31. The fourth-order valence-electron chi connectivity index (χ4n) is 3.76. The van der Waals surface area contributed by atoms with Gasteiger partial charge in [0.1, 0.15) is 22.7 Å². The van der Waals surface area contributed by atoms with Gasteiger partial charge in [0.2, 0.25) is 0 Å². The number of rotatable bonds is 3. The molecule has 2 atom stereocenters. The standard InChI is InChI=1S/C18H18O4/c1-21-13-3-5-15-11(7-13)9-17(15,19)18(20)10-12-8-14(22-2)4-6-16(12)18/h3-8,19-20H,9-10H2,1-2H3. The van der Waals surface area contributed by atoms with Crippen molar-refractivity contribution >= 4 is 0 Å². The van der Waals surface area contributed by atoms with Gasteiger partial charge in [-0.2, -0.15) is 0 Å². The Hall–Kier alpha value is -2.04. The maximum atomic E-state index is 11.1. The van der Waals surface area contributed by atoms with Gasteiger partial charge in [-0.15, -0.1) is 0 Å². The number of fused-ring (bicyclic) bond motifs is 2. The van der Waals surface area contributed by atoms with Crippen molar-refractivity contribution in [1.29, 1.82) is 0 Å². The highest BCUT2D eigenvalue weighted by molar-refractivity contribution is 5.56. The molecule has 2 aromatic rings. The van der Waals surface area contributed by atoms with E-state index in [1.807, 2.05) is 36.4 Å². The Bertz CT molecular complexity index is 704. The Balaban J connectivity index is 1.73. The van der Waals surface area contributed by atoms with Crippen LogP contribution in [0.2, 0.25) is 0 Å². The van der Waals surface area contributed by atoms with E-state index >= 15 is 0 Å². The molecule has 0 spiro atoms. The first kappa shape index (κ1) is 13.6. The third-order valence-corrected chi connectivity index (χ3v) is 5.09. The minimum absolute atomic E-state index is 0.432. The zero-order valence-electron chi connectivity index (χ0n) is 12.6. The summed E-state index contributed by atoms with van der Waals surface area (Å²) in [7, 11) is 3.24. The van der Waals surface area contributed by atoms with Gasteiger partial charge in [-0.1, -0.05) is 12.1 Å². The Morgan fingerprint density at radius 1 is 0.773 bits per heavy atom. The third kappa shape index (κ3) is 1.49. The van der Waals surface area contributed by atoms with E-state index in [2.05, 4.69) is 0 Å². The van der Waals surface area contributed by atoms with Crippen molar-refractivity contribution in [2.45, 2.75) is 24.0 Å². The number of methoxy groups -OCH3 is 2. The summed E-state index contributed by atoms with van der Waals surface area (Å²) in [6.07, 6.45) is 0.864. The first-order valence-corrected chi connectivity index (χ1v) is 7.31. The molecular formula is C18H18O4. The molecule has 2 unspecified atom stereocenters. The lowest BCUT2D eigenvalue weighted by molar-refractivity contribution is -0.191. The minimum atomic E-state index is -1.23. The molecule has 4 heteroatoms. The van der Waals surface area contributed by atoms with E-state index in [0.717, 1.165) is 33.8 Å². The molecule has 0 saturated carbocycles. The van der Waals surface area contributed by atoms with Crippen molar-refractivity contribution in [3.8, 4) is 11.5 Å². The monoisotopic (exact) mass is 298 g/mol. The van der Waals surface area contributed by atoms with Crippen molar-refractivity contribution in [2.75, 3.05) is 14.2 Å². The summed E-state index contributed by atoms with van der Waals surface area (Å²) in [4.78, 5) is 0. The van der Waals surface area contributed by atoms with Crippen LogP contribution in [0.25, 0.3) is 0 Å². The van der Waals surface area contributed by atoms with Crippen molar-refractivity contribution < 1.29 is 19.7 Å². The predicted octanol–water partition coefficient (Wildman–Crippen LogP) is 1.89. The molecule has 2 N–H and O–H groups in total. The van der Waals surface area contributed by atoms with Crippen molar-refractivity contribution in [3.05, 3.63) is 58.7 Å². The highest BCUT2D eigenvalue weighted by Gasteiger charge is 2.61. The Morgan fingerprint density at radius 2 is 1.18 bits per heavy atom. The van der Waals surface area contributed by atoms with Crippen molar-refractivity contribution in [3.63, 3.8) is 0 Å². The molecule has 2 aliphatic rings. The highest BCUT2D eigenvalue weighted by Crippen LogP contribution is 2.58.